The number of thiophene rings is 1. The van der Waals surface area contributed by atoms with Gasteiger partial charge in [-0.2, -0.15) is 0 Å². The molecule has 0 spiro atoms. The Kier molecular flexibility index (Phi) is 4.04. The third-order valence-corrected chi connectivity index (χ3v) is 4.80. The predicted molar refractivity (Wildman–Crippen MR) is 80.5 cm³/mol. The molecule has 0 radical (unpaired) electrons. The molecule has 0 saturated carbocycles. The van der Waals surface area contributed by atoms with Crippen molar-refractivity contribution in [2.24, 2.45) is 0 Å². The fourth-order valence-electron chi connectivity index (χ4n) is 1.86. The van der Waals surface area contributed by atoms with Crippen molar-refractivity contribution < 1.29 is 9.90 Å². The number of carboxylic acids is 1. The summed E-state index contributed by atoms with van der Waals surface area (Å²) in [6.45, 7) is 1.94. The Morgan fingerprint density at radius 3 is 2.58 bits per heavy atom. The maximum atomic E-state index is 11.1. The van der Waals surface area contributed by atoms with Gasteiger partial charge in [0.15, 0.2) is 0 Å². The molecule has 1 heterocycles. The molecule has 0 aliphatic rings. The van der Waals surface area contributed by atoms with Crippen LogP contribution in [0.1, 0.15) is 22.2 Å². The van der Waals surface area contributed by atoms with E-state index >= 15 is 0 Å². The summed E-state index contributed by atoms with van der Waals surface area (Å²) in [7, 11) is 0. The smallest absolute Gasteiger partial charge is 0.348 e. The Morgan fingerprint density at radius 2 is 2.05 bits per heavy atom. The lowest BCUT2D eigenvalue weighted by atomic mass is 10.1. The van der Waals surface area contributed by atoms with E-state index in [1.54, 1.807) is 12.1 Å². The molecule has 2 rings (SSSR count). The number of carboxylic acid groups (broad SMARTS) is 1. The lowest BCUT2D eigenvalue weighted by Gasteiger charge is -2.04. The number of nitrogens with two attached hydrogens (primary N) is 1. The molecule has 1 aromatic carbocycles. The number of aromatic carboxylic acids is 1. The van der Waals surface area contributed by atoms with Gasteiger partial charge < -0.3 is 10.8 Å². The van der Waals surface area contributed by atoms with Gasteiger partial charge in [-0.25, -0.2) is 4.79 Å². The summed E-state index contributed by atoms with van der Waals surface area (Å²) in [6, 6.07) is 5.22. The summed E-state index contributed by atoms with van der Waals surface area (Å²) >= 11 is 13.0. The first-order valence-electron chi connectivity index (χ1n) is 5.55. The highest BCUT2D eigenvalue weighted by molar-refractivity contribution is 7.18. The van der Waals surface area contributed by atoms with Gasteiger partial charge in [-0.1, -0.05) is 36.2 Å². The summed E-state index contributed by atoms with van der Waals surface area (Å²) in [6.07, 6.45) is 0.658. The first kappa shape index (κ1) is 14.2. The second kappa shape index (κ2) is 5.41. The molecule has 19 heavy (non-hydrogen) atoms. The number of nitrogen functional groups attached to an aromatic ring is 1. The lowest BCUT2D eigenvalue weighted by molar-refractivity contribution is 0.0703. The van der Waals surface area contributed by atoms with Crippen molar-refractivity contribution in [2.75, 3.05) is 5.73 Å². The fourth-order valence-corrected chi connectivity index (χ4v) is 3.30. The topological polar surface area (TPSA) is 63.3 Å². The number of halogens is 2. The minimum absolute atomic E-state index is 0.165. The molecule has 100 valence electrons. The maximum Gasteiger partial charge on any atom is 0.348 e. The van der Waals surface area contributed by atoms with Crippen LogP contribution in [0.4, 0.5) is 5.69 Å². The van der Waals surface area contributed by atoms with Crippen LogP contribution >= 0.6 is 34.5 Å². The van der Waals surface area contributed by atoms with Crippen molar-refractivity contribution in [3.63, 3.8) is 0 Å². The van der Waals surface area contributed by atoms with E-state index in [0.29, 0.717) is 22.2 Å². The van der Waals surface area contributed by atoms with E-state index in [1.165, 1.54) is 0 Å². The molecule has 6 heteroatoms. The Balaban J connectivity index is 2.64. The summed E-state index contributed by atoms with van der Waals surface area (Å²) in [5.41, 5.74) is 7.89. The zero-order valence-corrected chi connectivity index (χ0v) is 12.4. The molecule has 1 aromatic heterocycles. The predicted octanol–water partition coefficient (Wildman–Crippen LogP) is 4.56. The molecule has 0 bridgehead atoms. The molecule has 3 N–H and O–H groups in total. The average Bonchev–Trinajstić information content (AvgIpc) is 2.70. The van der Waals surface area contributed by atoms with Crippen LogP contribution in [0, 0.1) is 0 Å². The monoisotopic (exact) mass is 315 g/mol. The molecule has 3 nitrogen and oxygen atoms in total. The van der Waals surface area contributed by atoms with Gasteiger partial charge in [0.25, 0.3) is 0 Å². The quantitative estimate of drug-likeness (QED) is 0.872. The Morgan fingerprint density at radius 1 is 1.37 bits per heavy atom. The van der Waals surface area contributed by atoms with E-state index in [-0.39, 0.29) is 4.88 Å². The summed E-state index contributed by atoms with van der Waals surface area (Å²) in [5, 5.41) is 10.0. The molecule has 2 aromatic rings. The van der Waals surface area contributed by atoms with Crippen molar-refractivity contribution >= 4 is 46.2 Å². The van der Waals surface area contributed by atoms with Crippen LogP contribution in [-0.4, -0.2) is 11.1 Å². The van der Waals surface area contributed by atoms with Gasteiger partial charge in [-0.05, 0) is 29.7 Å². The zero-order valence-electron chi connectivity index (χ0n) is 10.0. The van der Waals surface area contributed by atoms with Crippen LogP contribution in [-0.2, 0) is 6.42 Å². The largest absolute Gasteiger partial charge is 0.477 e. The SMILES string of the molecule is CCc1c(-c2ccc(Cl)c(Cl)c2)sc(C(=O)O)c1N. The van der Waals surface area contributed by atoms with Crippen LogP contribution in [0.5, 0.6) is 0 Å². The van der Waals surface area contributed by atoms with Crippen molar-refractivity contribution in [2.45, 2.75) is 13.3 Å². The second-order valence-electron chi connectivity index (χ2n) is 3.94. The highest BCUT2D eigenvalue weighted by Crippen LogP contribution is 2.40. The van der Waals surface area contributed by atoms with Gasteiger partial charge in [0.2, 0.25) is 0 Å². The van der Waals surface area contributed by atoms with E-state index in [2.05, 4.69) is 0 Å². The van der Waals surface area contributed by atoms with E-state index in [4.69, 9.17) is 34.0 Å². The van der Waals surface area contributed by atoms with Gasteiger partial charge in [0, 0.05) is 4.88 Å². The fraction of sp³-hybridized carbons (Fsp3) is 0.154. The molecular formula is C13H11Cl2NO2S. The number of hydrogen-bond acceptors (Lipinski definition) is 3. The van der Waals surface area contributed by atoms with Gasteiger partial charge in [-0.3, -0.25) is 0 Å². The number of benzene rings is 1. The molecule has 0 aliphatic carbocycles. The highest BCUT2D eigenvalue weighted by Gasteiger charge is 2.20. The minimum Gasteiger partial charge on any atom is -0.477 e. The van der Waals surface area contributed by atoms with E-state index in [0.717, 1.165) is 27.3 Å². The van der Waals surface area contributed by atoms with Gasteiger partial charge in [0.1, 0.15) is 4.88 Å². The standard InChI is InChI=1S/C13H11Cl2NO2S/c1-2-7-10(16)12(13(17)18)19-11(7)6-3-4-8(14)9(15)5-6/h3-5H,2,16H2,1H3,(H,17,18). The maximum absolute atomic E-state index is 11.1. The lowest BCUT2D eigenvalue weighted by Crippen LogP contribution is -1.99. The van der Waals surface area contributed by atoms with Crippen LogP contribution < -0.4 is 5.73 Å². The number of hydrogen-bond donors (Lipinski definition) is 2. The molecule has 0 unspecified atom stereocenters. The normalized spacial score (nSPS) is 10.7. The average molecular weight is 316 g/mol. The Bertz CT molecular complexity index is 652. The number of anilines is 1. The van der Waals surface area contributed by atoms with E-state index in [1.807, 2.05) is 13.0 Å². The third kappa shape index (κ3) is 2.56. The summed E-state index contributed by atoms with van der Waals surface area (Å²) in [4.78, 5) is 12.1. The first-order valence-corrected chi connectivity index (χ1v) is 7.12. The van der Waals surface area contributed by atoms with Crippen LogP contribution in [0.15, 0.2) is 18.2 Å². The minimum atomic E-state index is -1.01. The summed E-state index contributed by atoms with van der Waals surface area (Å²) < 4.78 is 0. The van der Waals surface area contributed by atoms with Crippen LogP contribution in [0.25, 0.3) is 10.4 Å². The van der Waals surface area contributed by atoms with Gasteiger partial charge >= 0.3 is 5.97 Å². The third-order valence-electron chi connectivity index (χ3n) is 2.78. The first-order chi connectivity index (χ1) is 8.95. The van der Waals surface area contributed by atoms with Crippen LogP contribution in [0.2, 0.25) is 10.0 Å². The van der Waals surface area contributed by atoms with E-state index in [9.17, 15) is 4.79 Å². The van der Waals surface area contributed by atoms with Crippen molar-refractivity contribution in [1.29, 1.82) is 0 Å². The molecule has 0 amide bonds. The molecule has 0 saturated heterocycles. The molecule has 0 fully saturated rings. The molecular weight excluding hydrogens is 305 g/mol. The van der Waals surface area contributed by atoms with Crippen LogP contribution in [0.3, 0.4) is 0 Å². The van der Waals surface area contributed by atoms with Crippen molar-refractivity contribution in [3.05, 3.63) is 38.7 Å². The van der Waals surface area contributed by atoms with Crippen molar-refractivity contribution in [1.82, 2.24) is 0 Å². The summed E-state index contributed by atoms with van der Waals surface area (Å²) in [5.74, 6) is -1.01. The molecule has 0 aliphatic heterocycles. The highest BCUT2D eigenvalue weighted by atomic mass is 35.5. The van der Waals surface area contributed by atoms with Gasteiger partial charge in [0.05, 0.1) is 15.7 Å². The Labute approximate surface area is 124 Å². The van der Waals surface area contributed by atoms with Crippen molar-refractivity contribution in [3.8, 4) is 10.4 Å². The Hall–Kier alpha value is -1.23. The number of rotatable bonds is 3. The zero-order chi connectivity index (χ0) is 14.2. The van der Waals surface area contributed by atoms with E-state index < -0.39 is 5.97 Å². The second-order valence-corrected chi connectivity index (χ2v) is 5.78. The number of carbonyl (C=O) groups is 1. The van der Waals surface area contributed by atoms with Gasteiger partial charge in [-0.15, -0.1) is 11.3 Å². The molecule has 0 atom stereocenters.